The molecule has 1 aliphatic carbocycles. The molecule has 0 saturated heterocycles. The van der Waals surface area contributed by atoms with E-state index < -0.39 is 0 Å². The smallest absolute Gasteiger partial charge is 0.350 e. The number of aliphatic hydroxyl groups excluding tert-OH is 1. The van der Waals surface area contributed by atoms with Crippen molar-refractivity contribution in [3.8, 4) is 0 Å². The van der Waals surface area contributed by atoms with E-state index in [-0.39, 0.29) is 30.8 Å². The fraction of sp³-hybridized carbons (Fsp3) is 0.588. The number of aliphatic hydroxyl groups is 1. The summed E-state index contributed by atoms with van der Waals surface area (Å²) in [5, 5.41) is 16.5. The Morgan fingerprint density at radius 1 is 1.33 bits per heavy atom. The summed E-state index contributed by atoms with van der Waals surface area (Å²) in [4.78, 5) is 24.6. The highest BCUT2D eigenvalue weighted by Gasteiger charge is 2.25. The van der Waals surface area contributed by atoms with Crippen LogP contribution >= 0.6 is 0 Å². The first-order valence-electron chi connectivity index (χ1n) is 8.63. The van der Waals surface area contributed by atoms with Crippen LogP contribution in [0.2, 0.25) is 0 Å². The molecular formula is C17H24N4O3. The van der Waals surface area contributed by atoms with E-state index in [1.165, 1.54) is 28.3 Å². The summed E-state index contributed by atoms with van der Waals surface area (Å²) in [6, 6.07) is 5.25. The summed E-state index contributed by atoms with van der Waals surface area (Å²) in [6.45, 7) is -0.0507. The third-order valence-electron chi connectivity index (χ3n) is 4.79. The number of nitrogens with zero attached hydrogens (tertiary/aromatic N) is 3. The van der Waals surface area contributed by atoms with E-state index >= 15 is 0 Å². The van der Waals surface area contributed by atoms with Gasteiger partial charge in [0.2, 0.25) is 5.91 Å². The van der Waals surface area contributed by atoms with Crippen molar-refractivity contribution in [1.82, 2.24) is 19.5 Å². The van der Waals surface area contributed by atoms with Gasteiger partial charge in [0.05, 0.1) is 0 Å². The van der Waals surface area contributed by atoms with E-state index in [1.54, 1.807) is 24.4 Å². The second-order valence-electron chi connectivity index (χ2n) is 6.45. The summed E-state index contributed by atoms with van der Waals surface area (Å²) < 4.78 is 2.60. The average Bonchev–Trinajstić information content (AvgIpc) is 2.91. The van der Waals surface area contributed by atoms with Gasteiger partial charge in [0, 0.05) is 18.8 Å². The maximum atomic E-state index is 12.4. The highest BCUT2D eigenvalue weighted by molar-refractivity contribution is 5.76. The Morgan fingerprint density at radius 2 is 2.12 bits per heavy atom. The van der Waals surface area contributed by atoms with Crippen molar-refractivity contribution in [3.05, 3.63) is 34.9 Å². The molecule has 7 nitrogen and oxygen atoms in total. The molecule has 0 spiro atoms. The molecule has 0 aliphatic heterocycles. The second-order valence-corrected chi connectivity index (χ2v) is 6.45. The van der Waals surface area contributed by atoms with Gasteiger partial charge in [-0.1, -0.05) is 25.3 Å². The third kappa shape index (κ3) is 3.67. The van der Waals surface area contributed by atoms with E-state index in [2.05, 4.69) is 10.4 Å². The molecule has 3 rings (SSSR count). The Hall–Kier alpha value is -2.15. The Kier molecular flexibility index (Phi) is 5.30. The zero-order chi connectivity index (χ0) is 16.9. The molecule has 130 valence electrons. The van der Waals surface area contributed by atoms with E-state index in [0.29, 0.717) is 18.0 Å². The summed E-state index contributed by atoms with van der Waals surface area (Å²) in [7, 11) is 0. The lowest BCUT2D eigenvalue weighted by Crippen LogP contribution is -2.44. The minimum absolute atomic E-state index is 0.0319. The predicted octanol–water partition coefficient (Wildman–Crippen LogP) is 0.943. The first-order chi connectivity index (χ1) is 11.7. The fourth-order valence-corrected chi connectivity index (χ4v) is 3.56. The van der Waals surface area contributed by atoms with E-state index in [1.807, 2.05) is 0 Å². The van der Waals surface area contributed by atoms with Gasteiger partial charge in [-0.15, -0.1) is 5.10 Å². The molecule has 1 amide bonds. The molecule has 2 aromatic rings. The summed E-state index contributed by atoms with van der Waals surface area (Å²) in [5.74, 6) is 0.178. The van der Waals surface area contributed by atoms with Gasteiger partial charge in [-0.2, -0.15) is 0 Å². The van der Waals surface area contributed by atoms with E-state index in [0.717, 1.165) is 12.8 Å². The second kappa shape index (κ2) is 7.61. The molecule has 0 radical (unpaired) electrons. The Bertz CT molecular complexity index is 746. The molecule has 1 fully saturated rings. The molecule has 1 aliphatic rings. The number of pyridine rings is 1. The molecule has 0 aromatic carbocycles. The number of aromatic nitrogens is 3. The largest absolute Gasteiger partial charge is 0.396 e. The molecule has 1 saturated carbocycles. The number of rotatable bonds is 6. The third-order valence-corrected chi connectivity index (χ3v) is 4.79. The standard InChI is InChI=1S/C17H24N4O3/c22-11-9-14(13-6-2-1-3-7-13)18-16(23)12-21-17(24)20-10-5-4-8-15(20)19-21/h4-5,8,10,13-14,22H,1-3,6-7,9,11-12H2,(H,18,23). The normalized spacial score (nSPS) is 17.0. The monoisotopic (exact) mass is 332 g/mol. The minimum Gasteiger partial charge on any atom is -0.396 e. The summed E-state index contributed by atoms with van der Waals surface area (Å²) >= 11 is 0. The van der Waals surface area contributed by atoms with Crippen molar-refractivity contribution < 1.29 is 9.90 Å². The SMILES string of the molecule is O=C(Cn1nc2ccccn2c1=O)NC(CCO)C1CCCCC1. The quantitative estimate of drug-likeness (QED) is 0.824. The van der Waals surface area contributed by atoms with Gasteiger partial charge >= 0.3 is 5.69 Å². The fourth-order valence-electron chi connectivity index (χ4n) is 3.56. The first kappa shape index (κ1) is 16.7. The summed E-state index contributed by atoms with van der Waals surface area (Å²) in [6.07, 6.45) is 7.94. The van der Waals surface area contributed by atoms with Crippen molar-refractivity contribution in [1.29, 1.82) is 0 Å². The van der Waals surface area contributed by atoms with Gasteiger partial charge in [0.1, 0.15) is 6.54 Å². The van der Waals surface area contributed by atoms with Crippen LogP contribution in [0.1, 0.15) is 38.5 Å². The topological polar surface area (TPSA) is 88.6 Å². The van der Waals surface area contributed by atoms with E-state index in [4.69, 9.17) is 0 Å². The number of carbonyl (C=O) groups is 1. The number of fused-ring (bicyclic) bond motifs is 1. The lowest BCUT2D eigenvalue weighted by molar-refractivity contribution is -0.123. The van der Waals surface area contributed by atoms with Crippen molar-refractivity contribution in [2.75, 3.05) is 6.61 Å². The maximum absolute atomic E-state index is 12.4. The van der Waals surface area contributed by atoms with Crippen molar-refractivity contribution in [3.63, 3.8) is 0 Å². The molecular weight excluding hydrogens is 308 g/mol. The average molecular weight is 332 g/mol. The number of amides is 1. The number of carbonyl (C=O) groups excluding carboxylic acids is 1. The van der Waals surface area contributed by atoms with Crippen LogP contribution < -0.4 is 11.0 Å². The Labute approximate surface area is 140 Å². The molecule has 1 unspecified atom stereocenters. The van der Waals surface area contributed by atoms with Crippen molar-refractivity contribution >= 4 is 11.6 Å². The van der Waals surface area contributed by atoms with E-state index in [9.17, 15) is 14.7 Å². The van der Waals surface area contributed by atoms with Crippen LogP contribution in [0.4, 0.5) is 0 Å². The van der Waals surface area contributed by atoms with Crippen LogP contribution in [0.5, 0.6) is 0 Å². The van der Waals surface area contributed by atoms with Crippen LogP contribution in [0.3, 0.4) is 0 Å². The number of nitrogens with one attached hydrogen (secondary N) is 1. The van der Waals surface area contributed by atoms with Crippen molar-refractivity contribution in [2.45, 2.75) is 51.1 Å². The van der Waals surface area contributed by atoms with Gasteiger partial charge in [-0.25, -0.2) is 9.48 Å². The van der Waals surface area contributed by atoms with Gasteiger partial charge < -0.3 is 10.4 Å². The van der Waals surface area contributed by atoms with Gasteiger partial charge in [-0.3, -0.25) is 9.20 Å². The zero-order valence-corrected chi connectivity index (χ0v) is 13.7. The van der Waals surface area contributed by atoms with Gasteiger partial charge in [0.25, 0.3) is 0 Å². The van der Waals surface area contributed by atoms with Crippen LogP contribution in [-0.4, -0.2) is 37.8 Å². The van der Waals surface area contributed by atoms with Crippen LogP contribution in [0, 0.1) is 5.92 Å². The van der Waals surface area contributed by atoms with Crippen LogP contribution in [0.15, 0.2) is 29.2 Å². The van der Waals surface area contributed by atoms with Gasteiger partial charge in [-0.05, 0) is 37.3 Å². The number of hydrogen-bond acceptors (Lipinski definition) is 4. The molecule has 2 N–H and O–H groups in total. The lowest BCUT2D eigenvalue weighted by Gasteiger charge is -2.30. The predicted molar refractivity (Wildman–Crippen MR) is 89.7 cm³/mol. The summed E-state index contributed by atoms with van der Waals surface area (Å²) in [5.41, 5.74) is 0.201. The Balaban J connectivity index is 1.68. The molecule has 2 heterocycles. The van der Waals surface area contributed by atoms with Crippen LogP contribution in [-0.2, 0) is 11.3 Å². The van der Waals surface area contributed by atoms with Gasteiger partial charge in [0.15, 0.2) is 5.65 Å². The number of hydrogen-bond donors (Lipinski definition) is 2. The Morgan fingerprint density at radius 3 is 2.83 bits per heavy atom. The maximum Gasteiger partial charge on any atom is 0.350 e. The molecule has 7 heteroatoms. The van der Waals surface area contributed by atoms with Crippen molar-refractivity contribution in [2.24, 2.45) is 5.92 Å². The first-order valence-corrected chi connectivity index (χ1v) is 8.63. The molecule has 24 heavy (non-hydrogen) atoms. The highest BCUT2D eigenvalue weighted by atomic mass is 16.3. The molecule has 1 atom stereocenters. The minimum atomic E-state index is -0.322. The molecule has 0 bridgehead atoms. The lowest BCUT2D eigenvalue weighted by atomic mass is 9.82. The zero-order valence-electron chi connectivity index (χ0n) is 13.7. The highest BCUT2D eigenvalue weighted by Crippen LogP contribution is 2.27. The molecule has 2 aromatic heterocycles. The van der Waals surface area contributed by atoms with Crippen LogP contribution in [0.25, 0.3) is 5.65 Å².